The molecule has 1 heterocycles. The van der Waals surface area contributed by atoms with Gasteiger partial charge in [-0.25, -0.2) is 0 Å². The molecule has 0 radical (unpaired) electrons. The van der Waals surface area contributed by atoms with Gasteiger partial charge in [0, 0.05) is 31.0 Å². The van der Waals surface area contributed by atoms with Crippen molar-refractivity contribution >= 4 is 16.8 Å². The van der Waals surface area contributed by atoms with Crippen LogP contribution in [0.4, 0.5) is 0 Å². The molecule has 118 valence electrons. The Labute approximate surface area is 132 Å². The Hall–Kier alpha value is -1.77. The van der Waals surface area contributed by atoms with E-state index in [2.05, 4.69) is 19.1 Å². The Bertz CT molecular complexity index is 667. The van der Waals surface area contributed by atoms with Gasteiger partial charge in [-0.15, -0.1) is 0 Å². The quantitative estimate of drug-likeness (QED) is 0.833. The summed E-state index contributed by atoms with van der Waals surface area (Å²) in [6.07, 6.45) is 6.49. The largest absolute Gasteiger partial charge is 0.340 e. The fourth-order valence-electron chi connectivity index (χ4n) is 3.79. The first-order valence-electron chi connectivity index (χ1n) is 8.41. The van der Waals surface area contributed by atoms with Crippen LogP contribution in [0.25, 0.3) is 10.9 Å². The van der Waals surface area contributed by atoms with Gasteiger partial charge in [0.15, 0.2) is 0 Å². The van der Waals surface area contributed by atoms with Gasteiger partial charge in [0.25, 0.3) is 5.91 Å². The predicted molar refractivity (Wildman–Crippen MR) is 91.0 cm³/mol. The molecular weight excluding hydrogens is 272 g/mol. The third-order valence-corrected chi connectivity index (χ3v) is 5.43. The van der Waals surface area contributed by atoms with Crippen molar-refractivity contribution in [2.24, 2.45) is 13.0 Å². The molecule has 0 aliphatic heterocycles. The van der Waals surface area contributed by atoms with Crippen molar-refractivity contribution in [1.82, 2.24) is 9.47 Å². The van der Waals surface area contributed by atoms with Gasteiger partial charge in [-0.1, -0.05) is 37.5 Å². The third-order valence-electron chi connectivity index (χ3n) is 5.43. The van der Waals surface area contributed by atoms with E-state index in [0.29, 0.717) is 12.0 Å². The molecule has 22 heavy (non-hydrogen) atoms. The zero-order valence-corrected chi connectivity index (χ0v) is 13.9. The summed E-state index contributed by atoms with van der Waals surface area (Å²) in [5.74, 6) is 0.786. The van der Waals surface area contributed by atoms with Crippen LogP contribution in [0, 0.1) is 5.92 Å². The summed E-state index contributed by atoms with van der Waals surface area (Å²) in [6.45, 7) is 2.20. The van der Waals surface area contributed by atoms with E-state index in [0.717, 1.165) is 16.6 Å². The topological polar surface area (TPSA) is 25.2 Å². The van der Waals surface area contributed by atoms with E-state index in [1.165, 1.54) is 32.1 Å². The van der Waals surface area contributed by atoms with Crippen molar-refractivity contribution in [3.63, 3.8) is 0 Å². The summed E-state index contributed by atoms with van der Waals surface area (Å²) in [6, 6.07) is 10.5. The number of carbonyl (C=O) groups excluding carboxylic acids is 1. The zero-order chi connectivity index (χ0) is 15.7. The van der Waals surface area contributed by atoms with Crippen LogP contribution in [-0.4, -0.2) is 28.5 Å². The molecule has 0 bridgehead atoms. The first-order chi connectivity index (χ1) is 10.6. The summed E-state index contributed by atoms with van der Waals surface area (Å²) in [5, 5.41) is 1.13. The van der Waals surface area contributed by atoms with Crippen LogP contribution in [0.1, 0.15) is 49.5 Å². The van der Waals surface area contributed by atoms with Gasteiger partial charge < -0.3 is 9.47 Å². The van der Waals surface area contributed by atoms with E-state index in [4.69, 9.17) is 0 Å². The minimum atomic E-state index is 0.136. The normalized spacial score (nSPS) is 17.6. The van der Waals surface area contributed by atoms with Gasteiger partial charge in [0.2, 0.25) is 0 Å². The van der Waals surface area contributed by atoms with Crippen LogP contribution < -0.4 is 0 Å². The van der Waals surface area contributed by atoms with E-state index in [-0.39, 0.29) is 5.91 Å². The number of benzene rings is 1. The number of aryl methyl sites for hydroxylation is 1. The lowest BCUT2D eigenvalue weighted by Gasteiger charge is -2.34. The number of rotatable bonds is 3. The summed E-state index contributed by atoms with van der Waals surface area (Å²) < 4.78 is 2.02. The fourth-order valence-corrected chi connectivity index (χ4v) is 3.79. The number of fused-ring (bicyclic) bond motifs is 1. The Morgan fingerprint density at radius 3 is 2.59 bits per heavy atom. The first kappa shape index (κ1) is 15.1. The van der Waals surface area contributed by atoms with Gasteiger partial charge in [-0.3, -0.25) is 4.79 Å². The second kappa shape index (κ2) is 6.15. The SMILES string of the molecule is C[C@@H](C1CCCCC1)N(C)C(=O)c1cc2ccccc2n1C. The predicted octanol–water partition coefficient (Wildman–Crippen LogP) is 4.22. The molecule has 1 amide bonds. The highest BCUT2D eigenvalue weighted by Gasteiger charge is 2.27. The highest BCUT2D eigenvalue weighted by Crippen LogP contribution is 2.29. The highest BCUT2D eigenvalue weighted by molar-refractivity contribution is 5.98. The first-order valence-corrected chi connectivity index (χ1v) is 8.41. The maximum atomic E-state index is 12.9. The number of hydrogen-bond donors (Lipinski definition) is 0. The van der Waals surface area contributed by atoms with Gasteiger partial charge in [0.1, 0.15) is 5.69 Å². The summed E-state index contributed by atoms with van der Waals surface area (Å²) in [4.78, 5) is 14.9. The van der Waals surface area contributed by atoms with Crippen LogP contribution in [0.3, 0.4) is 0 Å². The number of para-hydroxylation sites is 1. The zero-order valence-electron chi connectivity index (χ0n) is 13.9. The Balaban J connectivity index is 1.83. The summed E-state index contributed by atoms with van der Waals surface area (Å²) in [7, 11) is 3.94. The van der Waals surface area contributed by atoms with Crippen molar-refractivity contribution in [3.8, 4) is 0 Å². The second-order valence-electron chi connectivity index (χ2n) is 6.70. The van der Waals surface area contributed by atoms with E-state index in [9.17, 15) is 4.79 Å². The molecule has 1 aliphatic carbocycles. The average molecular weight is 298 g/mol. The maximum Gasteiger partial charge on any atom is 0.270 e. The molecule has 3 heteroatoms. The van der Waals surface area contributed by atoms with Gasteiger partial charge in [-0.05, 0) is 37.8 Å². The number of carbonyl (C=O) groups is 1. The number of hydrogen-bond acceptors (Lipinski definition) is 1. The lowest BCUT2D eigenvalue weighted by molar-refractivity contribution is 0.0656. The van der Waals surface area contributed by atoms with Crippen molar-refractivity contribution in [2.75, 3.05) is 7.05 Å². The molecule has 2 aromatic rings. The van der Waals surface area contributed by atoms with Crippen molar-refractivity contribution in [3.05, 3.63) is 36.0 Å². The molecule has 1 aromatic heterocycles. The molecule has 0 unspecified atom stereocenters. The van der Waals surface area contributed by atoms with Crippen LogP contribution in [0.2, 0.25) is 0 Å². The van der Waals surface area contributed by atoms with Gasteiger partial charge >= 0.3 is 0 Å². The lowest BCUT2D eigenvalue weighted by Crippen LogP contribution is -2.41. The van der Waals surface area contributed by atoms with Gasteiger partial charge in [0.05, 0.1) is 0 Å². The van der Waals surface area contributed by atoms with Crippen molar-refractivity contribution in [1.29, 1.82) is 0 Å². The molecule has 0 saturated heterocycles. The van der Waals surface area contributed by atoms with Crippen LogP contribution in [-0.2, 0) is 7.05 Å². The Morgan fingerprint density at radius 2 is 1.91 bits per heavy atom. The fraction of sp³-hybridized carbons (Fsp3) is 0.526. The molecule has 1 atom stereocenters. The van der Waals surface area contributed by atoms with Crippen molar-refractivity contribution in [2.45, 2.75) is 45.1 Å². The smallest absolute Gasteiger partial charge is 0.270 e. The standard InChI is InChI=1S/C19H26N2O/c1-14(15-9-5-4-6-10-15)20(2)19(22)18-13-16-11-7-8-12-17(16)21(18)3/h7-8,11-15H,4-6,9-10H2,1-3H3/t14-/m0/s1. The van der Waals surface area contributed by atoms with Gasteiger partial charge in [-0.2, -0.15) is 0 Å². The van der Waals surface area contributed by atoms with Crippen LogP contribution in [0.15, 0.2) is 30.3 Å². The molecular formula is C19H26N2O. The molecule has 0 N–H and O–H groups in total. The average Bonchev–Trinajstić information content (AvgIpc) is 2.91. The molecule has 1 aliphatic rings. The monoisotopic (exact) mass is 298 g/mol. The number of aromatic nitrogens is 1. The minimum absolute atomic E-state index is 0.136. The third kappa shape index (κ3) is 2.65. The summed E-state index contributed by atoms with van der Waals surface area (Å²) >= 11 is 0. The molecule has 1 saturated carbocycles. The molecule has 3 nitrogen and oxygen atoms in total. The lowest BCUT2D eigenvalue weighted by atomic mass is 9.84. The summed E-state index contributed by atoms with van der Waals surface area (Å²) in [5.41, 5.74) is 1.90. The van der Waals surface area contributed by atoms with E-state index >= 15 is 0 Å². The van der Waals surface area contributed by atoms with E-state index < -0.39 is 0 Å². The Morgan fingerprint density at radius 1 is 1.23 bits per heavy atom. The molecule has 1 aromatic carbocycles. The maximum absolute atomic E-state index is 12.9. The second-order valence-corrected chi connectivity index (χ2v) is 6.70. The molecule has 0 spiro atoms. The molecule has 3 rings (SSSR count). The van der Waals surface area contributed by atoms with E-state index in [1.54, 1.807) is 0 Å². The number of nitrogens with zero attached hydrogens (tertiary/aromatic N) is 2. The van der Waals surface area contributed by atoms with Crippen LogP contribution >= 0.6 is 0 Å². The Kier molecular flexibility index (Phi) is 4.23. The van der Waals surface area contributed by atoms with E-state index in [1.807, 2.05) is 41.8 Å². The highest BCUT2D eigenvalue weighted by atomic mass is 16.2. The van der Waals surface area contributed by atoms with Crippen LogP contribution in [0.5, 0.6) is 0 Å². The number of amides is 1. The molecule has 1 fully saturated rings. The minimum Gasteiger partial charge on any atom is -0.340 e. The van der Waals surface area contributed by atoms with Crippen molar-refractivity contribution < 1.29 is 4.79 Å².